The number of pyridine rings is 1. The van der Waals surface area contributed by atoms with Gasteiger partial charge in [0.15, 0.2) is 12.6 Å². The highest BCUT2D eigenvalue weighted by molar-refractivity contribution is 7.85. The molecule has 54 heavy (non-hydrogen) atoms. The number of ether oxygens (including phenoxy) is 3. The highest BCUT2D eigenvalue weighted by Crippen LogP contribution is 2.42. The molecular formula is C38H36F3N5O7S. The molecule has 2 saturated heterocycles. The summed E-state index contributed by atoms with van der Waals surface area (Å²) in [6.45, 7) is 0.531. The van der Waals surface area contributed by atoms with Crippen LogP contribution >= 0.6 is 0 Å². The van der Waals surface area contributed by atoms with E-state index in [-0.39, 0.29) is 64.1 Å². The van der Waals surface area contributed by atoms with Crippen molar-refractivity contribution >= 4 is 43.3 Å². The number of anilines is 2. The molecule has 7 rings (SSSR count). The SMILES string of the molecule is C#Cc1c(F)ccc2cc(OCOC)cc(-c3nc(Nc4cccc(C(O)COS(C)(=O)=O)c4)c4cnc(OC[C@@]56CCCN5C[C@H](F)C6)nc4c3F)c12. The van der Waals surface area contributed by atoms with Gasteiger partial charge < -0.3 is 24.6 Å². The van der Waals surface area contributed by atoms with E-state index in [1.165, 1.54) is 37.6 Å². The average Bonchev–Trinajstić information content (AvgIpc) is 3.68. The Bertz CT molecular complexity index is 2400. The second-order valence-electron chi connectivity index (χ2n) is 13.3. The lowest BCUT2D eigenvalue weighted by atomic mass is 9.95. The van der Waals surface area contributed by atoms with Gasteiger partial charge in [0.05, 0.1) is 29.4 Å². The number of nitrogens with zero attached hydrogens (tertiary/aromatic N) is 4. The van der Waals surface area contributed by atoms with E-state index < -0.39 is 46.2 Å². The summed E-state index contributed by atoms with van der Waals surface area (Å²) < 4.78 is 91.4. The van der Waals surface area contributed by atoms with Crippen LogP contribution in [0, 0.1) is 24.0 Å². The zero-order valence-electron chi connectivity index (χ0n) is 29.3. The van der Waals surface area contributed by atoms with Gasteiger partial charge in [0, 0.05) is 42.9 Å². The second kappa shape index (κ2) is 15.0. The normalized spacial score (nSPS) is 19.2. The summed E-state index contributed by atoms with van der Waals surface area (Å²) >= 11 is 0. The third kappa shape index (κ3) is 7.50. The van der Waals surface area contributed by atoms with Crippen molar-refractivity contribution in [3.8, 4) is 35.4 Å². The van der Waals surface area contributed by atoms with Crippen LogP contribution in [0.5, 0.6) is 11.8 Å². The molecule has 5 aromatic rings. The van der Waals surface area contributed by atoms with Crippen molar-refractivity contribution in [3.05, 3.63) is 77.5 Å². The number of halogens is 3. The van der Waals surface area contributed by atoms with Gasteiger partial charge in [0.1, 0.15) is 47.5 Å². The lowest BCUT2D eigenvalue weighted by Gasteiger charge is -2.30. The van der Waals surface area contributed by atoms with E-state index in [2.05, 4.69) is 31.1 Å². The summed E-state index contributed by atoms with van der Waals surface area (Å²) in [4.78, 5) is 15.6. The molecule has 0 spiro atoms. The molecule has 0 radical (unpaired) electrons. The molecule has 2 fully saturated rings. The highest BCUT2D eigenvalue weighted by Gasteiger charge is 2.49. The topological polar surface area (TPSA) is 145 Å². The number of methoxy groups -OCH3 is 1. The van der Waals surface area contributed by atoms with Crippen LogP contribution in [0.3, 0.4) is 0 Å². The van der Waals surface area contributed by atoms with Crippen molar-refractivity contribution in [2.45, 2.75) is 37.1 Å². The van der Waals surface area contributed by atoms with Crippen molar-refractivity contribution in [2.24, 2.45) is 0 Å². The molecule has 3 atom stereocenters. The minimum Gasteiger partial charge on any atom is -0.468 e. The Morgan fingerprint density at radius 1 is 1.17 bits per heavy atom. The van der Waals surface area contributed by atoms with Crippen LogP contribution < -0.4 is 14.8 Å². The Hall–Kier alpha value is -5.05. The molecule has 0 amide bonds. The van der Waals surface area contributed by atoms with Gasteiger partial charge in [-0.2, -0.15) is 13.4 Å². The number of fused-ring (bicyclic) bond motifs is 3. The maximum Gasteiger partial charge on any atom is 0.317 e. The smallest absolute Gasteiger partial charge is 0.317 e. The highest BCUT2D eigenvalue weighted by atomic mass is 32.2. The largest absolute Gasteiger partial charge is 0.468 e. The number of terminal acetylenes is 1. The molecule has 2 N–H and O–H groups in total. The van der Waals surface area contributed by atoms with Crippen molar-refractivity contribution < 1.29 is 45.1 Å². The molecule has 2 aliphatic heterocycles. The minimum absolute atomic E-state index is 0.0682. The van der Waals surface area contributed by atoms with Gasteiger partial charge in [-0.3, -0.25) is 9.08 Å². The molecule has 282 valence electrons. The molecule has 0 saturated carbocycles. The number of hydrogen-bond acceptors (Lipinski definition) is 12. The first kappa shape index (κ1) is 37.3. The second-order valence-corrected chi connectivity index (χ2v) is 15.0. The number of aliphatic hydroxyl groups is 1. The number of benzene rings is 3. The van der Waals surface area contributed by atoms with Gasteiger partial charge in [0.2, 0.25) is 0 Å². The third-order valence-electron chi connectivity index (χ3n) is 9.65. The number of hydrogen-bond donors (Lipinski definition) is 2. The fraction of sp³-hybridized carbons (Fsp3) is 0.342. The maximum absolute atomic E-state index is 17.1. The van der Waals surface area contributed by atoms with Gasteiger partial charge in [-0.1, -0.05) is 24.1 Å². The molecule has 1 unspecified atom stereocenters. The summed E-state index contributed by atoms with van der Waals surface area (Å²) in [6, 6.07) is 12.0. The predicted molar refractivity (Wildman–Crippen MR) is 195 cm³/mol. The Morgan fingerprint density at radius 2 is 2.00 bits per heavy atom. The fourth-order valence-electron chi connectivity index (χ4n) is 7.23. The predicted octanol–water partition coefficient (Wildman–Crippen LogP) is 5.80. The van der Waals surface area contributed by atoms with Crippen LogP contribution in [0.15, 0.2) is 54.7 Å². The summed E-state index contributed by atoms with van der Waals surface area (Å²) in [5.41, 5.74) is -0.312. The first-order valence-electron chi connectivity index (χ1n) is 17.0. The number of aliphatic hydroxyl groups excluding tert-OH is 1. The maximum atomic E-state index is 17.1. The molecule has 4 heterocycles. The Balaban J connectivity index is 1.36. The van der Waals surface area contributed by atoms with Gasteiger partial charge in [-0.05, 0) is 60.7 Å². The lowest BCUT2D eigenvalue weighted by Crippen LogP contribution is -2.43. The summed E-state index contributed by atoms with van der Waals surface area (Å²) in [7, 11) is -2.37. The van der Waals surface area contributed by atoms with Gasteiger partial charge in [-0.25, -0.2) is 23.1 Å². The number of aromatic nitrogens is 3. The van der Waals surface area contributed by atoms with Crippen LogP contribution in [0.25, 0.3) is 32.9 Å². The molecule has 0 aliphatic carbocycles. The molecule has 0 bridgehead atoms. The number of nitrogens with one attached hydrogen (secondary N) is 1. The zero-order valence-corrected chi connectivity index (χ0v) is 30.1. The quantitative estimate of drug-likeness (QED) is 0.0850. The van der Waals surface area contributed by atoms with E-state index in [1.54, 1.807) is 24.3 Å². The standard InChI is InChI=1S/C38H36F3N5O7S/c1-4-27-30(40)10-9-23-14-26(52-21-50-2)15-28(32(23)27)34-33(41)35-29(17-42-37(45-35)51-20-38-11-6-12-46(38)18-24(39)16-38)36(44-34)43-25-8-5-7-22(13-25)31(47)19-53-54(3,48)49/h1,5,7-10,13-15,17,24,31,47H,6,11-12,16,18-21H2,2-3H3,(H,43,44)/t24-,31?,38+/m1/s1. The molecule has 2 aliphatic rings. The van der Waals surface area contributed by atoms with E-state index in [4.69, 9.17) is 24.8 Å². The van der Waals surface area contributed by atoms with E-state index >= 15 is 8.78 Å². The Labute approximate surface area is 309 Å². The minimum atomic E-state index is -3.81. The first-order chi connectivity index (χ1) is 25.9. The monoisotopic (exact) mass is 763 g/mol. The van der Waals surface area contributed by atoms with Crippen LogP contribution in [0.2, 0.25) is 0 Å². The van der Waals surface area contributed by atoms with Crippen molar-refractivity contribution in [1.29, 1.82) is 0 Å². The van der Waals surface area contributed by atoms with E-state index in [9.17, 15) is 17.9 Å². The number of alkyl halides is 1. The van der Waals surface area contributed by atoms with Crippen molar-refractivity contribution in [3.63, 3.8) is 0 Å². The van der Waals surface area contributed by atoms with Crippen LogP contribution in [0.1, 0.15) is 36.5 Å². The average molecular weight is 764 g/mol. The number of rotatable bonds is 13. The third-order valence-corrected chi connectivity index (χ3v) is 10.2. The first-order valence-corrected chi connectivity index (χ1v) is 18.8. The molecule has 12 nitrogen and oxygen atoms in total. The van der Waals surface area contributed by atoms with Gasteiger partial charge in [-0.15, -0.1) is 6.42 Å². The van der Waals surface area contributed by atoms with Gasteiger partial charge in [0.25, 0.3) is 10.1 Å². The summed E-state index contributed by atoms with van der Waals surface area (Å²) in [5, 5.41) is 14.6. The van der Waals surface area contributed by atoms with E-state index in [1.807, 2.05) is 0 Å². The molecule has 16 heteroatoms. The van der Waals surface area contributed by atoms with E-state index in [0.29, 0.717) is 29.6 Å². The Kier molecular flexibility index (Phi) is 10.4. The molecule has 3 aromatic carbocycles. The van der Waals surface area contributed by atoms with Gasteiger partial charge >= 0.3 is 6.01 Å². The fourth-order valence-corrected chi connectivity index (χ4v) is 7.60. The van der Waals surface area contributed by atoms with Crippen LogP contribution in [-0.2, 0) is 19.0 Å². The summed E-state index contributed by atoms with van der Waals surface area (Å²) in [6.07, 6.45) is 7.68. The van der Waals surface area contributed by atoms with Crippen molar-refractivity contribution in [2.75, 3.05) is 51.8 Å². The Morgan fingerprint density at radius 3 is 2.78 bits per heavy atom. The van der Waals surface area contributed by atoms with E-state index in [0.717, 1.165) is 25.6 Å². The lowest BCUT2D eigenvalue weighted by molar-refractivity contribution is 0.0512. The molecular weight excluding hydrogens is 728 g/mol. The zero-order chi connectivity index (χ0) is 38.2. The van der Waals surface area contributed by atoms with Crippen LogP contribution in [0.4, 0.5) is 24.7 Å². The summed E-state index contributed by atoms with van der Waals surface area (Å²) in [5.74, 6) is 1.11. The molecule has 2 aromatic heterocycles. The van der Waals surface area contributed by atoms with Crippen molar-refractivity contribution in [1.82, 2.24) is 19.9 Å². The van der Waals surface area contributed by atoms with Crippen LogP contribution in [-0.4, -0.2) is 91.5 Å².